The third-order valence-corrected chi connectivity index (χ3v) is 3.96. The fourth-order valence-electron chi connectivity index (χ4n) is 2.68. The Bertz CT molecular complexity index is 646. The van der Waals surface area contributed by atoms with Crippen LogP contribution in [0.3, 0.4) is 0 Å². The molecule has 0 aliphatic heterocycles. The van der Waals surface area contributed by atoms with Gasteiger partial charge in [-0.3, -0.25) is 0 Å². The van der Waals surface area contributed by atoms with Crippen molar-refractivity contribution >= 4 is 5.97 Å². The Morgan fingerprint density at radius 3 is 2.85 bits per heavy atom. The van der Waals surface area contributed by atoms with Gasteiger partial charge in [-0.1, -0.05) is 29.8 Å². The maximum atomic E-state index is 11.5. The predicted molar refractivity (Wildman–Crippen MR) is 71.3 cm³/mol. The number of hydrogen-bond donors (Lipinski definition) is 1. The predicted octanol–water partition coefficient (Wildman–Crippen LogP) is 1.54. The first-order valence-corrected chi connectivity index (χ1v) is 6.68. The zero-order valence-corrected chi connectivity index (χ0v) is 11.3. The molecule has 0 amide bonds. The van der Waals surface area contributed by atoms with Gasteiger partial charge in [0.15, 0.2) is 11.4 Å². The fraction of sp³-hybridized carbons (Fsp3) is 0.429. The van der Waals surface area contributed by atoms with E-state index >= 15 is 0 Å². The number of rotatable bonds is 4. The van der Waals surface area contributed by atoms with E-state index in [4.69, 9.17) is 0 Å². The summed E-state index contributed by atoms with van der Waals surface area (Å²) in [6.45, 7) is 2.02. The lowest BCUT2D eigenvalue weighted by Crippen LogP contribution is -2.49. The second-order valence-corrected chi connectivity index (χ2v) is 5.36. The maximum absolute atomic E-state index is 11.5. The van der Waals surface area contributed by atoms with Gasteiger partial charge in [-0.15, -0.1) is 5.10 Å². The highest BCUT2D eigenvalue weighted by atomic mass is 16.4. The van der Waals surface area contributed by atoms with Crippen LogP contribution in [0.4, 0.5) is 0 Å². The summed E-state index contributed by atoms with van der Waals surface area (Å²) in [5.41, 5.74) is 1.31. The van der Waals surface area contributed by atoms with Crippen LogP contribution in [0.2, 0.25) is 0 Å². The van der Waals surface area contributed by atoms with Crippen molar-refractivity contribution in [2.75, 3.05) is 0 Å². The van der Waals surface area contributed by atoms with Crippen molar-refractivity contribution in [2.45, 2.75) is 38.1 Å². The molecule has 0 saturated heterocycles. The minimum atomic E-state index is -0.942. The minimum Gasteiger partial charge on any atom is -0.479 e. The van der Waals surface area contributed by atoms with Gasteiger partial charge in [-0.25, -0.2) is 9.48 Å². The van der Waals surface area contributed by atoms with Crippen LogP contribution in [0, 0.1) is 6.92 Å². The van der Waals surface area contributed by atoms with Crippen LogP contribution in [0.15, 0.2) is 24.3 Å². The standard InChI is InChI=1S/C14H16N4O2/c1-10-4-2-5-11(8-10)9-12-15-16-17-18(12)14(13(19)20)6-3-7-14/h2,4-5,8H,3,6-7,9H2,1H3,(H,19,20). The van der Waals surface area contributed by atoms with Crippen LogP contribution >= 0.6 is 0 Å². The zero-order valence-electron chi connectivity index (χ0n) is 11.3. The monoisotopic (exact) mass is 272 g/mol. The van der Waals surface area contributed by atoms with Crippen LogP contribution in [0.1, 0.15) is 36.2 Å². The molecule has 1 aromatic carbocycles. The fourth-order valence-corrected chi connectivity index (χ4v) is 2.68. The number of carboxylic acids is 1. The third-order valence-electron chi connectivity index (χ3n) is 3.96. The Labute approximate surface area is 116 Å². The molecule has 1 saturated carbocycles. The van der Waals surface area contributed by atoms with E-state index in [0.29, 0.717) is 25.1 Å². The van der Waals surface area contributed by atoms with Crippen molar-refractivity contribution in [1.29, 1.82) is 0 Å². The Morgan fingerprint density at radius 1 is 1.45 bits per heavy atom. The number of nitrogens with zero attached hydrogens (tertiary/aromatic N) is 4. The van der Waals surface area contributed by atoms with Crippen molar-refractivity contribution in [3.63, 3.8) is 0 Å². The highest BCUT2D eigenvalue weighted by Crippen LogP contribution is 2.39. The lowest BCUT2D eigenvalue weighted by atomic mass is 9.77. The molecule has 0 radical (unpaired) electrons. The Kier molecular flexibility index (Phi) is 3.00. The second kappa shape index (κ2) is 4.70. The summed E-state index contributed by atoms with van der Waals surface area (Å²) in [7, 11) is 0. The van der Waals surface area contributed by atoms with E-state index in [9.17, 15) is 9.90 Å². The molecule has 3 rings (SSSR count). The number of aliphatic carboxylic acids is 1. The van der Waals surface area contributed by atoms with E-state index in [2.05, 4.69) is 21.6 Å². The number of carbonyl (C=O) groups is 1. The van der Waals surface area contributed by atoms with Crippen molar-refractivity contribution in [3.8, 4) is 0 Å². The molecule has 20 heavy (non-hydrogen) atoms. The summed E-state index contributed by atoms with van der Waals surface area (Å²) in [6.07, 6.45) is 2.63. The van der Waals surface area contributed by atoms with Gasteiger partial charge in [-0.2, -0.15) is 0 Å². The summed E-state index contributed by atoms with van der Waals surface area (Å²) >= 11 is 0. The van der Waals surface area contributed by atoms with Crippen LogP contribution in [0.5, 0.6) is 0 Å². The molecule has 1 N–H and O–H groups in total. The molecule has 0 bridgehead atoms. The molecule has 0 atom stereocenters. The van der Waals surface area contributed by atoms with Gasteiger partial charge in [0, 0.05) is 6.42 Å². The minimum absolute atomic E-state index is 0.545. The van der Waals surface area contributed by atoms with Crippen molar-refractivity contribution in [2.24, 2.45) is 0 Å². The number of benzene rings is 1. The molecule has 2 aromatic rings. The zero-order chi connectivity index (χ0) is 14.2. The Morgan fingerprint density at radius 2 is 2.25 bits per heavy atom. The van der Waals surface area contributed by atoms with Crippen LogP contribution in [-0.2, 0) is 16.8 Å². The average molecular weight is 272 g/mol. The lowest BCUT2D eigenvalue weighted by molar-refractivity contribution is -0.153. The summed E-state index contributed by atoms with van der Waals surface area (Å²) in [6, 6.07) is 8.07. The average Bonchev–Trinajstić information content (AvgIpc) is 2.76. The first kappa shape index (κ1) is 12.8. The number of tetrazole rings is 1. The van der Waals surface area contributed by atoms with Gasteiger partial charge in [0.25, 0.3) is 0 Å². The van der Waals surface area contributed by atoms with Gasteiger partial charge in [-0.05, 0) is 42.2 Å². The molecule has 104 valence electrons. The van der Waals surface area contributed by atoms with Crippen molar-refractivity contribution < 1.29 is 9.90 Å². The molecule has 0 spiro atoms. The topological polar surface area (TPSA) is 80.9 Å². The molecular weight excluding hydrogens is 256 g/mol. The first-order chi connectivity index (χ1) is 9.62. The Balaban J connectivity index is 1.93. The summed E-state index contributed by atoms with van der Waals surface area (Å²) in [5.74, 6) is -0.237. The lowest BCUT2D eigenvalue weighted by Gasteiger charge is -2.37. The third kappa shape index (κ3) is 1.97. The van der Waals surface area contributed by atoms with Gasteiger partial charge in [0.05, 0.1) is 0 Å². The molecular formula is C14H16N4O2. The van der Waals surface area contributed by atoms with E-state index in [0.717, 1.165) is 17.5 Å². The Hall–Kier alpha value is -2.24. The maximum Gasteiger partial charge on any atom is 0.331 e. The summed E-state index contributed by atoms with van der Waals surface area (Å²) in [4.78, 5) is 11.5. The van der Waals surface area contributed by atoms with E-state index in [1.54, 1.807) is 0 Å². The molecule has 1 aliphatic rings. The molecule has 6 nitrogen and oxygen atoms in total. The van der Waals surface area contributed by atoms with E-state index in [1.807, 2.05) is 25.1 Å². The second-order valence-electron chi connectivity index (χ2n) is 5.36. The smallest absolute Gasteiger partial charge is 0.331 e. The number of carboxylic acid groups (broad SMARTS) is 1. The SMILES string of the molecule is Cc1cccc(Cc2nnnn2C2(C(=O)O)CCC2)c1. The number of aromatic nitrogens is 4. The quantitative estimate of drug-likeness (QED) is 0.913. The first-order valence-electron chi connectivity index (χ1n) is 6.68. The summed E-state index contributed by atoms with van der Waals surface area (Å²) in [5, 5.41) is 21.1. The highest BCUT2D eigenvalue weighted by molar-refractivity contribution is 5.77. The molecule has 6 heteroatoms. The highest BCUT2D eigenvalue weighted by Gasteiger charge is 2.48. The molecule has 1 heterocycles. The van der Waals surface area contributed by atoms with Crippen molar-refractivity contribution in [1.82, 2.24) is 20.2 Å². The van der Waals surface area contributed by atoms with Crippen LogP contribution < -0.4 is 0 Å². The van der Waals surface area contributed by atoms with Gasteiger partial charge < -0.3 is 5.11 Å². The van der Waals surface area contributed by atoms with Crippen LogP contribution in [0.25, 0.3) is 0 Å². The van der Waals surface area contributed by atoms with Crippen molar-refractivity contribution in [3.05, 3.63) is 41.2 Å². The number of hydrogen-bond acceptors (Lipinski definition) is 4. The van der Waals surface area contributed by atoms with E-state index in [1.165, 1.54) is 4.68 Å². The largest absolute Gasteiger partial charge is 0.479 e. The molecule has 0 unspecified atom stereocenters. The normalized spacial score (nSPS) is 16.6. The van der Waals surface area contributed by atoms with Crippen LogP contribution in [-0.4, -0.2) is 31.3 Å². The van der Waals surface area contributed by atoms with Gasteiger partial charge in [0.2, 0.25) is 0 Å². The number of aryl methyl sites for hydroxylation is 1. The van der Waals surface area contributed by atoms with E-state index < -0.39 is 11.5 Å². The molecule has 1 aliphatic carbocycles. The van der Waals surface area contributed by atoms with Gasteiger partial charge >= 0.3 is 5.97 Å². The molecule has 1 aromatic heterocycles. The van der Waals surface area contributed by atoms with E-state index in [-0.39, 0.29) is 0 Å². The van der Waals surface area contributed by atoms with Gasteiger partial charge in [0.1, 0.15) is 0 Å². The molecule has 1 fully saturated rings. The summed E-state index contributed by atoms with van der Waals surface area (Å²) < 4.78 is 1.50.